The summed E-state index contributed by atoms with van der Waals surface area (Å²) in [7, 11) is 0. The summed E-state index contributed by atoms with van der Waals surface area (Å²) in [6.07, 6.45) is 0. The molecule has 0 radical (unpaired) electrons. The Morgan fingerprint density at radius 1 is 1.21 bits per heavy atom. The Bertz CT molecular complexity index is 480. The second kappa shape index (κ2) is 3.40. The molecule has 72 valence electrons. The molecular weight excluding hydrogens is 312 g/mol. The Hall–Kier alpha value is -0.810. The van der Waals surface area contributed by atoms with Gasteiger partial charge in [0.25, 0.3) is 5.91 Å². The molecule has 1 heterocycles. The van der Waals surface area contributed by atoms with Gasteiger partial charge in [-0.15, -0.1) is 0 Å². The number of aromatic nitrogens is 1. The molecule has 0 aliphatic carbocycles. The van der Waals surface area contributed by atoms with Crippen LogP contribution in [0.25, 0.3) is 10.9 Å². The molecule has 2 rings (SSSR count). The minimum absolute atomic E-state index is 0.421. The van der Waals surface area contributed by atoms with E-state index in [-0.39, 0.29) is 0 Å². The van der Waals surface area contributed by atoms with Gasteiger partial charge in [-0.3, -0.25) is 4.79 Å². The first-order valence-electron chi connectivity index (χ1n) is 3.85. The maximum atomic E-state index is 10.9. The minimum atomic E-state index is -0.451. The lowest BCUT2D eigenvalue weighted by Crippen LogP contribution is -2.10. The monoisotopic (exact) mass is 316 g/mol. The summed E-state index contributed by atoms with van der Waals surface area (Å²) in [5.74, 6) is -0.451. The number of carbonyl (C=O) groups excluding carboxylic acids is 1. The van der Waals surface area contributed by atoms with E-state index in [0.717, 1.165) is 19.8 Å². The Labute approximate surface area is 96.9 Å². The molecule has 0 fully saturated rings. The highest BCUT2D eigenvalue weighted by molar-refractivity contribution is 9.13. The fourth-order valence-electron chi connectivity index (χ4n) is 1.26. The van der Waals surface area contributed by atoms with Gasteiger partial charge >= 0.3 is 0 Å². The standard InChI is InChI=1S/C9H6Br2N2O/c10-5-1-4-2-8(9(12)14)13-7(4)3-6(5)11/h1-3,13H,(H2,12,14). The fraction of sp³-hybridized carbons (Fsp3) is 0. The maximum Gasteiger partial charge on any atom is 0.265 e. The third kappa shape index (κ3) is 1.57. The molecule has 2 aromatic rings. The Morgan fingerprint density at radius 2 is 1.86 bits per heavy atom. The number of fused-ring (bicyclic) bond motifs is 1. The number of carbonyl (C=O) groups is 1. The molecular formula is C9H6Br2N2O. The van der Waals surface area contributed by atoms with Crippen molar-refractivity contribution in [2.45, 2.75) is 0 Å². The number of halogens is 2. The summed E-state index contributed by atoms with van der Waals surface area (Å²) in [5, 5.41) is 0.953. The molecule has 0 unspecified atom stereocenters. The molecule has 3 nitrogen and oxygen atoms in total. The van der Waals surface area contributed by atoms with Crippen molar-refractivity contribution in [2.75, 3.05) is 0 Å². The van der Waals surface area contributed by atoms with Crippen LogP contribution in [0.15, 0.2) is 27.1 Å². The number of hydrogen-bond donors (Lipinski definition) is 2. The molecule has 1 amide bonds. The topological polar surface area (TPSA) is 58.9 Å². The van der Waals surface area contributed by atoms with Gasteiger partial charge in [0.2, 0.25) is 0 Å². The van der Waals surface area contributed by atoms with Crippen LogP contribution < -0.4 is 5.73 Å². The van der Waals surface area contributed by atoms with Gasteiger partial charge in [0.05, 0.1) is 0 Å². The van der Waals surface area contributed by atoms with Gasteiger partial charge in [0.15, 0.2) is 0 Å². The van der Waals surface area contributed by atoms with Crippen molar-refractivity contribution >= 4 is 48.7 Å². The highest BCUT2D eigenvalue weighted by atomic mass is 79.9. The first-order valence-corrected chi connectivity index (χ1v) is 5.44. The average Bonchev–Trinajstić information content (AvgIpc) is 2.48. The van der Waals surface area contributed by atoms with Gasteiger partial charge in [-0.25, -0.2) is 0 Å². The van der Waals surface area contributed by atoms with Crippen molar-refractivity contribution in [1.82, 2.24) is 4.98 Å². The number of nitrogens with one attached hydrogen (secondary N) is 1. The summed E-state index contributed by atoms with van der Waals surface area (Å²) in [6, 6.07) is 5.54. The van der Waals surface area contributed by atoms with Crippen LogP contribution in [0.5, 0.6) is 0 Å². The largest absolute Gasteiger partial charge is 0.364 e. The summed E-state index contributed by atoms with van der Waals surface area (Å²) >= 11 is 6.77. The number of amides is 1. The molecule has 0 saturated carbocycles. The van der Waals surface area contributed by atoms with E-state index in [2.05, 4.69) is 36.8 Å². The second-order valence-electron chi connectivity index (χ2n) is 2.90. The zero-order valence-corrected chi connectivity index (χ0v) is 10.1. The highest BCUT2D eigenvalue weighted by Crippen LogP contribution is 2.28. The van der Waals surface area contributed by atoms with Crippen molar-refractivity contribution in [3.8, 4) is 0 Å². The first-order chi connectivity index (χ1) is 6.58. The molecule has 0 atom stereocenters. The Morgan fingerprint density at radius 3 is 2.50 bits per heavy atom. The van der Waals surface area contributed by atoms with Gasteiger partial charge in [-0.05, 0) is 50.1 Å². The van der Waals surface area contributed by atoms with Gasteiger partial charge in [0, 0.05) is 19.8 Å². The van der Waals surface area contributed by atoms with Crippen LogP contribution in [0.1, 0.15) is 10.5 Å². The van der Waals surface area contributed by atoms with E-state index in [0.29, 0.717) is 5.69 Å². The fourth-order valence-corrected chi connectivity index (χ4v) is 1.96. The molecule has 0 aliphatic heterocycles. The van der Waals surface area contributed by atoms with E-state index in [1.807, 2.05) is 12.1 Å². The average molecular weight is 318 g/mol. The lowest BCUT2D eigenvalue weighted by atomic mass is 10.2. The molecule has 0 bridgehead atoms. The Kier molecular flexibility index (Phi) is 2.36. The predicted molar refractivity (Wildman–Crippen MR) is 62.2 cm³/mol. The van der Waals surface area contributed by atoms with Gasteiger partial charge in [0.1, 0.15) is 5.69 Å². The number of primary amides is 1. The number of benzene rings is 1. The van der Waals surface area contributed by atoms with E-state index in [1.54, 1.807) is 6.07 Å². The van der Waals surface area contributed by atoms with Gasteiger partial charge < -0.3 is 10.7 Å². The number of aromatic amines is 1. The van der Waals surface area contributed by atoms with Crippen LogP contribution in [0, 0.1) is 0 Å². The first kappa shape index (κ1) is 9.73. The number of rotatable bonds is 1. The summed E-state index contributed by atoms with van der Waals surface area (Å²) in [6.45, 7) is 0. The molecule has 1 aromatic carbocycles. The number of nitrogens with two attached hydrogens (primary N) is 1. The maximum absolute atomic E-state index is 10.9. The van der Waals surface area contributed by atoms with Crippen LogP contribution >= 0.6 is 31.9 Å². The molecule has 0 aliphatic rings. The molecule has 0 saturated heterocycles. The molecule has 5 heteroatoms. The van der Waals surface area contributed by atoms with Crippen LogP contribution in [-0.4, -0.2) is 10.9 Å². The molecule has 3 N–H and O–H groups in total. The molecule has 1 aromatic heterocycles. The second-order valence-corrected chi connectivity index (χ2v) is 4.61. The van der Waals surface area contributed by atoms with Crippen LogP contribution in [0.2, 0.25) is 0 Å². The Balaban J connectivity index is 2.72. The van der Waals surface area contributed by atoms with E-state index in [4.69, 9.17) is 5.73 Å². The number of H-pyrrole nitrogens is 1. The van der Waals surface area contributed by atoms with Crippen molar-refractivity contribution < 1.29 is 4.79 Å². The summed E-state index contributed by atoms with van der Waals surface area (Å²) in [4.78, 5) is 13.8. The predicted octanol–water partition coefficient (Wildman–Crippen LogP) is 2.79. The third-order valence-corrected chi connectivity index (χ3v) is 3.77. The van der Waals surface area contributed by atoms with Crippen molar-refractivity contribution in [2.24, 2.45) is 5.73 Å². The zero-order valence-electron chi connectivity index (χ0n) is 6.97. The normalized spacial score (nSPS) is 10.7. The van der Waals surface area contributed by atoms with Crippen LogP contribution in [0.4, 0.5) is 0 Å². The molecule has 0 spiro atoms. The lowest BCUT2D eigenvalue weighted by molar-refractivity contribution is 0.0996. The van der Waals surface area contributed by atoms with Crippen LogP contribution in [0.3, 0.4) is 0 Å². The smallest absolute Gasteiger partial charge is 0.265 e. The number of hydrogen-bond acceptors (Lipinski definition) is 1. The SMILES string of the molecule is NC(=O)c1cc2cc(Br)c(Br)cc2[nH]1. The van der Waals surface area contributed by atoms with Gasteiger partial charge in [-0.1, -0.05) is 0 Å². The zero-order chi connectivity index (χ0) is 10.3. The van der Waals surface area contributed by atoms with Crippen molar-refractivity contribution in [1.29, 1.82) is 0 Å². The quantitative estimate of drug-likeness (QED) is 0.835. The third-order valence-electron chi connectivity index (χ3n) is 1.93. The van der Waals surface area contributed by atoms with E-state index < -0.39 is 5.91 Å². The minimum Gasteiger partial charge on any atom is -0.364 e. The van der Waals surface area contributed by atoms with E-state index in [9.17, 15) is 4.79 Å². The summed E-state index contributed by atoms with van der Waals surface area (Å²) in [5.41, 5.74) is 6.46. The summed E-state index contributed by atoms with van der Waals surface area (Å²) < 4.78 is 1.88. The van der Waals surface area contributed by atoms with Crippen LogP contribution in [-0.2, 0) is 0 Å². The van der Waals surface area contributed by atoms with E-state index >= 15 is 0 Å². The highest BCUT2D eigenvalue weighted by Gasteiger charge is 2.07. The lowest BCUT2D eigenvalue weighted by Gasteiger charge is -1.95. The van der Waals surface area contributed by atoms with E-state index in [1.165, 1.54) is 0 Å². The van der Waals surface area contributed by atoms with Crippen molar-refractivity contribution in [3.05, 3.63) is 32.8 Å². The van der Waals surface area contributed by atoms with Crippen molar-refractivity contribution in [3.63, 3.8) is 0 Å². The molecule has 14 heavy (non-hydrogen) atoms. The van der Waals surface area contributed by atoms with Gasteiger partial charge in [-0.2, -0.15) is 0 Å².